The second-order valence-electron chi connectivity index (χ2n) is 9.36. The Balaban J connectivity index is 1.80. The lowest BCUT2D eigenvalue weighted by Gasteiger charge is -2.28. The van der Waals surface area contributed by atoms with Crippen LogP contribution in [-0.2, 0) is 9.84 Å². The number of nitrogens with one attached hydrogen (secondary N) is 1. The average molecular weight is 477 g/mol. The number of pyridine rings is 2. The number of rotatable bonds is 5. The molecule has 0 amide bonds. The number of ether oxygens (including phenoxy) is 1. The lowest BCUT2D eigenvalue weighted by atomic mass is 9.92. The summed E-state index contributed by atoms with van der Waals surface area (Å²) >= 11 is 0. The highest BCUT2D eigenvalue weighted by molar-refractivity contribution is 7.92. The van der Waals surface area contributed by atoms with E-state index >= 15 is 0 Å². The summed E-state index contributed by atoms with van der Waals surface area (Å²) in [7, 11) is -2.32. The molecule has 1 saturated carbocycles. The van der Waals surface area contributed by atoms with Crippen LogP contribution in [0.25, 0.3) is 16.9 Å². The van der Waals surface area contributed by atoms with E-state index in [9.17, 15) is 17.9 Å². The second kappa shape index (κ2) is 8.57. The number of aromatic nitrogens is 3. The number of imidazole rings is 1. The molecule has 2 atom stereocenters. The number of hydrogen-bond donors (Lipinski definition) is 2. The topological polar surface area (TPSA) is 106 Å². The molecular formula is C23H29FN4O4S. The van der Waals surface area contributed by atoms with Crippen molar-refractivity contribution in [3.8, 4) is 17.0 Å². The third kappa shape index (κ3) is 4.41. The van der Waals surface area contributed by atoms with Crippen molar-refractivity contribution in [1.82, 2.24) is 14.4 Å². The van der Waals surface area contributed by atoms with Crippen molar-refractivity contribution in [2.45, 2.75) is 68.2 Å². The fourth-order valence-electron chi connectivity index (χ4n) is 4.08. The molecule has 3 heterocycles. The highest BCUT2D eigenvalue weighted by atomic mass is 32.2. The summed E-state index contributed by atoms with van der Waals surface area (Å²) in [5.74, 6) is -0.183. The van der Waals surface area contributed by atoms with Crippen molar-refractivity contribution in [2.24, 2.45) is 0 Å². The Morgan fingerprint density at radius 3 is 2.61 bits per heavy atom. The highest BCUT2D eigenvalue weighted by Gasteiger charge is 2.34. The summed E-state index contributed by atoms with van der Waals surface area (Å²) in [6.45, 7) is 4.87. The largest absolute Gasteiger partial charge is 0.495 e. The lowest BCUT2D eigenvalue weighted by Crippen LogP contribution is -2.36. The van der Waals surface area contributed by atoms with E-state index in [-0.39, 0.29) is 16.7 Å². The van der Waals surface area contributed by atoms with Gasteiger partial charge in [0, 0.05) is 23.9 Å². The van der Waals surface area contributed by atoms with Gasteiger partial charge < -0.3 is 15.2 Å². The van der Waals surface area contributed by atoms with Crippen molar-refractivity contribution in [3.63, 3.8) is 0 Å². The van der Waals surface area contributed by atoms with E-state index in [1.807, 2.05) is 0 Å². The Labute approximate surface area is 192 Å². The predicted molar refractivity (Wildman–Crippen MR) is 124 cm³/mol. The molecule has 0 radical (unpaired) electrons. The first-order chi connectivity index (χ1) is 15.5. The van der Waals surface area contributed by atoms with Gasteiger partial charge in [0.2, 0.25) is 5.95 Å². The molecule has 0 saturated heterocycles. The maximum atomic E-state index is 14.5. The zero-order chi connectivity index (χ0) is 24.0. The zero-order valence-corrected chi connectivity index (χ0v) is 20.0. The number of nitrogens with zero attached hydrogens (tertiary/aromatic N) is 3. The van der Waals surface area contributed by atoms with Crippen molar-refractivity contribution in [1.29, 1.82) is 0 Å². The summed E-state index contributed by atoms with van der Waals surface area (Å²) in [6.07, 6.45) is 5.92. The number of hydrogen-bond acceptors (Lipinski definition) is 7. The predicted octanol–water partition coefficient (Wildman–Crippen LogP) is 3.83. The van der Waals surface area contributed by atoms with E-state index in [2.05, 4.69) is 15.3 Å². The minimum atomic E-state index is -3.73. The van der Waals surface area contributed by atoms with Gasteiger partial charge in [-0.05, 0) is 39.7 Å². The summed E-state index contributed by atoms with van der Waals surface area (Å²) in [6, 6.07) is 4.30. The fourth-order valence-corrected chi connectivity index (χ4v) is 5.39. The fraction of sp³-hybridized carbons (Fsp3) is 0.478. The normalized spacial score (nSPS) is 19.6. The van der Waals surface area contributed by atoms with E-state index in [1.54, 1.807) is 43.5 Å². The van der Waals surface area contributed by atoms with Crippen molar-refractivity contribution >= 4 is 21.3 Å². The van der Waals surface area contributed by atoms with Crippen LogP contribution in [0, 0.1) is 5.95 Å². The van der Waals surface area contributed by atoms with Crippen molar-refractivity contribution < 1.29 is 22.7 Å². The summed E-state index contributed by atoms with van der Waals surface area (Å²) in [4.78, 5) is 8.33. The second-order valence-corrected chi connectivity index (χ2v) is 12.0. The number of aliphatic hydroxyl groups is 1. The molecule has 10 heteroatoms. The molecule has 1 aliphatic rings. The molecule has 33 heavy (non-hydrogen) atoms. The Morgan fingerprint density at radius 2 is 1.94 bits per heavy atom. The first-order valence-electron chi connectivity index (χ1n) is 10.9. The summed E-state index contributed by atoms with van der Waals surface area (Å²) < 4.78 is 46.7. The average Bonchev–Trinajstić information content (AvgIpc) is 3.16. The molecule has 3 aromatic heterocycles. The Morgan fingerprint density at radius 1 is 1.21 bits per heavy atom. The van der Waals surface area contributed by atoms with Crippen LogP contribution in [0.4, 0.5) is 10.2 Å². The van der Waals surface area contributed by atoms with E-state index in [0.29, 0.717) is 29.1 Å². The number of sulfone groups is 1. The lowest BCUT2D eigenvalue weighted by molar-refractivity contribution is 0.116. The third-order valence-corrected chi connectivity index (χ3v) is 8.54. The summed E-state index contributed by atoms with van der Waals surface area (Å²) in [5, 5.41) is 13.4. The molecule has 2 N–H and O–H groups in total. The van der Waals surface area contributed by atoms with E-state index in [4.69, 9.17) is 4.74 Å². The van der Waals surface area contributed by atoms with Crippen LogP contribution in [0.15, 0.2) is 35.5 Å². The summed E-state index contributed by atoms with van der Waals surface area (Å²) in [5.41, 5.74) is 1.45. The van der Waals surface area contributed by atoms with Crippen LogP contribution in [0.5, 0.6) is 5.75 Å². The smallest absolute Gasteiger partial charge is 0.215 e. The molecule has 0 spiro atoms. The van der Waals surface area contributed by atoms with Gasteiger partial charge in [-0.3, -0.25) is 4.40 Å². The number of fused-ring (bicyclic) bond motifs is 1. The zero-order valence-electron chi connectivity index (χ0n) is 19.2. The van der Waals surface area contributed by atoms with Gasteiger partial charge in [0.15, 0.2) is 9.84 Å². The van der Waals surface area contributed by atoms with Gasteiger partial charge in [0.1, 0.15) is 22.1 Å². The van der Waals surface area contributed by atoms with Crippen molar-refractivity contribution in [3.05, 3.63) is 36.5 Å². The maximum Gasteiger partial charge on any atom is 0.215 e. The highest BCUT2D eigenvalue weighted by Crippen LogP contribution is 2.35. The van der Waals surface area contributed by atoms with Gasteiger partial charge in [0.25, 0.3) is 0 Å². The Bertz CT molecular complexity index is 1280. The van der Waals surface area contributed by atoms with Crippen LogP contribution in [0.3, 0.4) is 0 Å². The molecule has 8 nitrogen and oxygen atoms in total. The molecule has 4 rings (SSSR count). The number of aliphatic hydroxyl groups excluding tert-OH is 1. The SMILES string of the molecule is COc1cc2ncc(-c3cc(F)nc(NC4CCCCC4O)c3)n2cc1S(=O)(=O)C(C)(C)C. The Hall–Kier alpha value is -2.72. The quantitative estimate of drug-likeness (QED) is 0.539. The van der Waals surface area contributed by atoms with Crippen LogP contribution in [0.1, 0.15) is 46.5 Å². The van der Waals surface area contributed by atoms with Gasteiger partial charge in [-0.15, -0.1) is 0 Å². The van der Waals surface area contributed by atoms with Crippen LogP contribution < -0.4 is 10.1 Å². The number of halogens is 1. The molecule has 0 bridgehead atoms. The molecule has 178 valence electrons. The third-order valence-electron chi connectivity index (χ3n) is 6.04. The number of anilines is 1. The molecular weight excluding hydrogens is 447 g/mol. The maximum absolute atomic E-state index is 14.5. The van der Waals surface area contributed by atoms with Crippen LogP contribution in [-0.4, -0.2) is 51.9 Å². The Kier molecular flexibility index (Phi) is 6.09. The van der Waals surface area contributed by atoms with Gasteiger partial charge >= 0.3 is 0 Å². The minimum Gasteiger partial charge on any atom is -0.495 e. The van der Waals surface area contributed by atoms with E-state index in [0.717, 1.165) is 19.3 Å². The minimum absolute atomic E-state index is 0.0301. The molecule has 1 aliphatic carbocycles. The monoisotopic (exact) mass is 476 g/mol. The molecule has 0 aliphatic heterocycles. The molecule has 1 fully saturated rings. The van der Waals surface area contributed by atoms with Gasteiger partial charge in [-0.2, -0.15) is 4.39 Å². The van der Waals surface area contributed by atoms with Crippen LogP contribution in [0.2, 0.25) is 0 Å². The number of methoxy groups -OCH3 is 1. The first kappa shape index (κ1) is 23.4. The van der Waals surface area contributed by atoms with E-state index in [1.165, 1.54) is 19.4 Å². The molecule has 3 aromatic rings. The van der Waals surface area contributed by atoms with E-state index < -0.39 is 26.6 Å². The molecule has 0 aromatic carbocycles. The van der Waals surface area contributed by atoms with Gasteiger partial charge in [0.05, 0.1) is 35.9 Å². The molecule has 2 unspecified atom stereocenters. The van der Waals surface area contributed by atoms with Gasteiger partial charge in [-0.25, -0.2) is 18.4 Å². The first-order valence-corrected chi connectivity index (χ1v) is 12.4. The standard InChI is InChI=1S/C23H29FN4O4S/c1-23(2,3)33(30,31)19-13-28-16(12-25-22(28)11-18(19)32-4)14-9-20(24)27-21(10-14)26-15-7-5-6-8-17(15)29/h9-13,15,17,29H,5-8H2,1-4H3,(H,26,27). The van der Waals surface area contributed by atoms with Gasteiger partial charge in [-0.1, -0.05) is 12.8 Å². The van der Waals surface area contributed by atoms with Crippen LogP contribution >= 0.6 is 0 Å². The van der Waals surface area contributed by atoms with Crippen molar-refractivity contribution in [2.75, 3.05) is 12.4 Å².